The SMILES string of the molecule is C.CC(=O)CC(=O)Nc1ccc(NS(C)(=O)=O)cc1S(N)(=O)=O.CS(=O)(=O)Nc1ccc2c(c1)S(=O)(=O)N=C(CC(=O)O)N2. The first-order valence-electron chi connectivity index (χ1n) is 11.3. The van der Waals surface area contributed by atoms with E-state index in [1.165, 1.54) is 31.2 Å². The molecule has 0 saturated carbocycles. The molecule has 2 aromatic carbocycles. The van der Waals surface area contributed by atoms with E-state index in [2.05, 4.69) is 24.5 Å². The van der Waals surface area contributed by atoms with Gasteiger partial charge in [0.05, 0.1) is 30.3 Å². The maximum absolute atomic E-state index is 12.0. The van der Waals surface area contributed by atoms with Crippen molar-refractivity contribution in [2.24, 2.45) is 9.54 Å². The number of nitrogens with one attached hydrogen (secondary N) is 4. The topological polar surface area (TPSA) is 294 Å². The summed E-state index contributed by atoms with van der Waals surface area (Å²) >= 11 is 0. The molecule has 0 atom stereocenters. The lowest BCUT2D eigenvalue weighted by atomic mass is 10.2. The van der Waals surface area contributed by atoms with Crippen LogP contribution in [0.25, 0.3) is 0 Å². The number of fused-ring (bicyclic) bond motifs is 1. The van der Waals surface area contributed by atoms with Crippen molar-refractivity contribution < 1.29 is 53.2 Å². The van der Waals surface area contributed by atoms with E-state index in [4.69, 9.17) is 10.2 Å². The molecule has 3 rings (SSSR count). The van der Waals surface area contributed by atoms with E-state index in [0.29, 0.717) is 0 Å². The molecule has 0 unspecified atom stereocenters. The number of primary sulfonamides is 1. The highest BCUT2D eigenvalue weighted by Crippen LogP contribution is 2.30. The van der Waals surface area contributed by atoms with Gasteiger partial charge in [-0.15, -0.1) is 4.40 Å². The van der Waals surface area contributed by atoms with Crippen molar-refractivity contribution in [2.45, 2.75) is 37.0 Å². The molecule has 0 radical (unpaired) electrons. The Morgan fingerprint density at radius 1 is 0.932 bits per heavy atom. The van der Waals surface area contributed by atoms with Gasteiger partial charge < -0.3 is 15.7 Å². The molecule has 0 aliphatic carbocycles. The van der Waals surface area contributed by atoms with Crippen LogP contribution in [0.3, 0.4) is 0 Å². The number of amidine groups is 1. The Morgan fingerprint density at radius 3 is 1.93 bits per heavy atom. The van der Waals surface area contributed by atoms with Gasteiger partial charge in [-0.3, -0.25) is 23.8 Å². The Kier molecular flexibility index (Phi) is 12.2. The van der Waals surface area contributed by atoms with Gasteiger partial charge in [-0.1, -0.05) is 7.43 Å². The summed E-state index contributed by atoms with van der Waals surface area (Å²) in [6, 6.07) is 7.19. The third kappa shape index (κ3) is 12.2. The summed E-state index contributed by atoms with van der Waals surface area (Å²) in [5, 5.41) is 18.5. The number of aliphatic carboxylic acids is 1. The Labute approximate surface area is 254 Å². The van der Waals surface area contributed by atoms with E-state index in [-0.39, 0.29) is 40.9 Å². The van der Waals surface area contributed by atoms with Crippen LogP contribution in [0.5, 0.6) is 0 Å². The number of carboxylic acid groups (broad SMARTS) is 1. The Bertz CT molecular complexity index is 1940. The van der Waals surface area contributed by atoms with Gasteiger partial charge >= 0.3 is 5.97 Å². The minimum absolute atomic E-state index is 0. The molecule has 1 aliphatic rings. The summed E-state index contributed by atoms with van der Waals surface area (Å²) in [6.07, 6.45) is 0.837. The zero-order valence-corrected chi connectivity index (χ0v) is 25.7. The maximum Gasteiger partial charge on any atom is 0.311 e. The Hall–Kier alpha value is -4.12. The first kappa shape index (κ1) is 37.9. The number of Topliss-reactive ketones (excluding diaryl/α,β-unsaturated/α-hetero) is 1. The minimum Gasteiger partial charge on any atom is -0.481 e. The van der Waals surface area contributed by atoms with E-state index in [1.807, 2.05) is 0 Å². The van der Waals surface area contributed by atoms with Crippen LogP contribution in [0.15, 0.2) is 50.6 Å². The van der Waals surface area contributed by atoms with Crippen molar-refractivity contribution in [1.29, 1.82) is 0 Å². The van der Waals surface area contributed by atoms with Crippen molar-refractivity contribution >= 4 is 86.3 Å². The molecule has 0 saturated heterocycles. The second kappa shape index (κ2) is 14.1. The fourth-order valence-corrected chi connectivity index (χ4v) is 6.27. The molecule has 1 amide bonds. The van der Waals surface area contributed by atoms with Gasteiger partial charge in [0.1, 0.15) is 27.8 Å². The second-order valence-electron chi connectivity index (χ2n) is 8.85. The van der Waals surface area contributed by atoms with E-state index < -0.39 is 75.5 Å². The number of carbonyl (C=O) groups excluding carboxylic acids is 2. The van der Waals surface area contributed by atoms with Crippen LogP contribution >= 0.6 is 0 Å². The molecule has 1 aliphatic heterocycles. The molecule has 1 heterocycles. The van der Waals surface area contributed by atoms with Gasteiger partial charge in [-0.25, -0.2) is 30.4 Å². The summed E-state index contributed by atoms with van der Waals surface area (Å²) in [5.74, 6) is -2.54. The van der Waals surface area contributed by atoms with E-state index in [1.54, 1.807) is 0 Å². The number of ketones is 1. The number of nitrogens with two attached hydrogens (primary N) is 1. The number of anilines is 4. The molecule has 44 heavy (non-hydrogen) atoms. The normalized spacial score (nSPS) is 13.7. The standard InChI is InChI=1S/C11H15N3O6S2.C10H11N3O6S2.CH4/c1-7(15)5-11(16)13-9-4-3-8(14-21(2,17)18)6-10(9)22(12,19)20;1-20(16,17)12-6-2-3-7-8(4-6)21(18,19)13-9(11-7)5-10(14)15;/h3-4,6,14H,5H2,1-2H3,(H,13,16)(H2,12,19,20);2-4,12H,5H2,1H3,(H,11,13)(H,14,15);1H4. The molecule has 0 spiro atoms. The van der Waals surface area contributed by atoms with Gasteiger partial charge in [0, 0.05) is 11.4 Å². The third-order valence-electron chi connectivity index (χ3n) is 4.67. The zero-order chi connectivity index (χ0) is 33.0. The molecular formula is C22H30N6O12S4. The predicted octanol–water partition coefficient (Wildman–Crippen LogP) is 0.305. The van der Waals surface area contributed by atoms with Crippen LogP contribution in [0.2, 0.25) is 0 Å². The van der Waals surface area contributed by atoms with Crippen LogP contribution in [0, 0.1) is 0 Å². The summed E-state index contributed by atoms with van der Waals surface area (Å²) in [7, 11) is -15.5. The smallest absolute Gasteiger partial charge is 0.311 e. The van der Waals surface area contributed by atoms with Crippen molar-refractivity contribution in [1.82, 2.24) is 0 Å². The van der Waals surface area contributed by atoms with Gasteiger partial charge in [0.25, 0.3) is 10.0 Å². The van der Waals surface area contributed by atoms with Crippen LogP contribution in [-0.4, -0.2) is 74.8 Å². The molecule has 0 aromatic heterocycles. The molecule has 7 N–H and O–H groups in total. The highest BCUT2D eigenvalue weighted by atomic mass is 32.2. The second-order valence-corrected chi connectivity index (χ2v) is 15.5. The van der Waals surface area contributed by atoms with Gasteiger partial charge in [0.15, 0.2) is 0 Å². The van der Waals surface area contributed by atoms with E-state index in [0.717, 1.165) is 24.6 Å². The monoisotopic (exact) mass is 698 g/mol. The van der Waals surface area contributed by atoms with Crippen molar-refractivity contribution in [2.75, 3.05) is 32.6 Å². The van der Waals surface area contributed by atoms with Crippen LogP contribution in [-0.2, 0) is 54.5 Å². The largest absolute Gasteiger partial charge is 0.481 e. The number of hydrogen-bond acceptors (Lipinski definition) is 12. The molecule has 0 fully saturated rings. The average Bonchev–Trinajstić information content (AvgIpc) is 2.77. The van der Waals surface area contributed by atoms with Crippen LogP contribution < -0.4 is 25.2 Å². The number of sulfonamides is 4. The molecule has 22 heteroatoms. The number of nitrogens with zero attached hydrogens (tertiary/aromatic N) is 1. The molecule has 0 bridgehead atoms. The molecule has 244 valence electrons. The predicted molar refractivity (Wildman–Crippen MR) is 162 cm³/mol. The first-order valence-corrected chi connectivity index (χ1v) is 18.1. The lowest BCUT2D eigenvalue weighted by Gasteiger charge is -2.18. The summed E-state index contributed by atoms with van der Waals surface area (Å²) in [5.41, 5.74) is 0.0303. The highest BCUT2D eigenvalue weighted by Gasteiger charge is 2.26. The summed E-state index contributed by atoms with van der Waals surface area (Å²) in [4.78, 5) is 32.3. The number of amides is 1. The lowest BCUT2D eigenvalue weighted by molar-refractivity contribution is -0.135. The average molecular weight is 699 g/mol. The van der Waals surface area contributed by atoms with Crippen molar-refractivity contribution in [3.8, 4) is 0 Å². The molecule has 18 nitrogen and oxygen atoms in total. The highest BCUT2D eigenvalue weighted by molar-refractivity contribution is 7.92. The van der Waals surface area contributed by atoms with Gasteiger partial charge in [0.2, 0.25) is 36.0 Å². The summed E-state index contributed by atoms with van der Waals surface area (Å²) in [6.45, 7) is 1.21. The fourth-order valence-electron chi connectivity index (χ4n) is 3.27. The van der Waals surface area contributed by atoms with E-state index in [9.17, 15) is 48.1 Å². The quantitative estimate of drug-likeness (QED) is 0.182. The maximum atomic E-state index is 12.0. The number of rotatable bonds is 10. The van der Waals surface area contributed by atoms with Crippen molar-refractivity contribution in [3.63, 3.8) is 0 Å². The number of hydrogen-bond donors (Lipinski definition) is 6. The Morgan fingerprint density at radius 2 is 1.45 bits per heavy atom. The van der Waals surface area contributed by atoms with Crippen LogP contribution in [0.4, 0.5) is 22.7 Å². The van der Waals surface area contributed by atoms with Gasteiger partial charge in [-0.05, 0) is 43.3 Å². The summed E-state index contributed by atoms with van der Waals surface area (Å²) < 4.78 is 99.2. The first-order chi connectivity index (χ1) is 19.4. The molecular weight excluding hydrogens is 669 g/mol. The van der Waals surface area contributed by atoms with Crippen LogP contribution in [0.1, 0.15) is 27.2 Å². The number of carbonyl (C=O) groups is 3. The fraction of sp³-hybridized carbons (Fsp3) is 0.273. The lowest BCUT2D eigenvalue weighted by Crippen LogP contribution is -2.24. The molecule has 2 aromatic rings. The van der Waals surface area contributed by atoms with E-state index >= 15 is 0 Å². The number of carboxylic acids is 1. The number of benzene rings is 2. The van der Waals surface area contributed by atoms with Crippen molar-refractivity contribution in [3.05, 3.63) is 36.4 Å². The minimum atomic E-state index is -4.22. The zero-order valence-electron chi connectivity index (χ0n) is 22.5. The Balaban J connectivity index is 0.000000430. The third-order valence-corrected chi connectivity index (χ3v) is 8.18. The van der Waals surface area contributed by atoms with Gasteiger partial charge in [-0.2, -0.15) is 8.42 Å².